The van der Waals surface area contributed by atoms with E-state index in [1.165, 1.54) is 5.56 Å². The average Bonchev–Trinajstić information content (AvgIpc) is 2.29. The zero-order chi connectivity index (χ0) is 12.8. The van der Waals surface area contributed by atoms with Crippen LogP contribution in [0.5, 0.6) is 5.75 Å². The molecule has 0 fully saturated rings. The molecule has 0 aliphatic carbocycles. The highest BCUT2D eigenvalue weighted by molar-refractivity contribution is 5.59. The lowest BCUT2D eigenvalue weighted by Crippen LogP contribution is -2.35. The highest BCUT2D eigenvalue weighted by atomic mass is 16.5. The molecule has 96 valence electrons. The fraction of sp³-hybridized carbons (Fsp3) is 0.538. The molecule has 0 aliphatic heterocycles. The van der Waals surface area contributed by atoms with Gasteiger partial charge in [0.2, 0.25) is 0 Å². The lowest BCUT2D eigenvalue weighted by atomic mass is 10.2. The Labute approximate surface area is 103 Å². The van der Waals surface area contributed by atoms with Crippen molar-refractivity contribution in [3.05, 3.63) is 23.8 Å². The van der Waals surface area contributed by atoms with Crippen molar-refractivity contribution in [1.29, 1.82) is 0 Å². The summed E-state index contributed by atoms with van der Waals surface area (Å²) in [5.74, 6) is 0.828. The molecule has 0 saturated carbocycles. The summed E-state index contributed by atoms with van der Waals surface area (Å²) in [6.45, 7) is 3.19. The number of nitrogens with zero attached hydrogens (tertiary/aromatic N) is 1. The first-order valence-electron chi connectivity index (χ1n) is 5.77. The zero-order valence-electron chi connectivity index (χ0n) is 11.0. The summed E-state index contributed by atoms with van der Waals surface area (Å²) in [5.41, 5.74) is 2.18. The molecule has 4 nitrogen and oxygen atoms in total. The molecule has 1 aromatic rings. The molecule has 0 aromatic heterocycles. The molecule has 2 N–H and O–H groups in total. The first-order valence-corrected chi connectivity index (χ1v) is 5.77. The minimum Gasteiger partial charge on any atom is -0.495 e. The molecular weight excluding hydrogens is 216 g/mol. The molecule has 0 radical (unpaired) electrons. The standard InChI is InChI=1S/C13H22N2O2/c1-10-5-6-13(17-4)12(7-10)15(3)9-11(16)8-14-2/h5-7,11,14,16H,8-9H2,1-4H3. The molecular formula is C13H22N2O2. The van der Waals surface area contributed by atoms with Crippen LogP contribution in [0.1, 0.15) is 5.56 Å². The van der Waals surface area contributed by atoms with Gasteiger partial charge in [0.25, 0.3) is 0 Å². The fourth-order valence-corrected chi connectivity index (χ4v) is 1.81. The molecule has 17 heavy (non-hydrogen) atoms. The van der Waals surface area contributed by atoms with Gasteiger partial charge in [-0.05, 0) is 31.7 Å². The predicted molar refractivity (Wildman–Crippen MR) is 70.9 cm³/mol. The third kappa shape index (κ3) is 3.91. The Bertz CT molecular complexity index is 355. The second-order valence-electron chi connectivity index (χ2n) is 4.27. The van der Waals surface area contributed by atoms with Crippen LogP contribution in [0.2, 0.25) is 0 Å². The number of aliphatic hydroxyl groups is 1. The van der Waals surface area contributed by atoms with Gasteiger partial charge in [-0.15, -0.1) is 0 Å². The number of benzene rings is 1. The fourth-order valence-electron chi connectivity index (χ4n) is 1.81. The zero-order valence-corrected chi connectivity index (χ0v) is 11.0. The van der Waals surface area contributed by atoms with E-state index in [1.807, 2.05) is 38.1 Å². The topological polar surface area (TPSA) is 44.7 Å². The predicted octanol–water partition coefficient (Wildman–Crippen LogP) is 1.02. The van der Waals surface area contributed by atoms with Gasteiger partial charge in [0, 0.05) is 20.1 Å². The van der Waals surface area contributed by atoms with Crippen LogP contribution in [-0.2, 0) is 0 Å². The van der Waals surface area contributed by atoms with Gasteiger partial charge in [0.1, 0.15) is 5.75 Å². The minimum absolute atomic E-state index is 0.393. The molecule has 1 aromatic carbocycles. The number of methoxy groups -OCH3 is 1. The molecule has 0 aliphatic rings. The third-order valence-electron chi connectivity index (χ3n) is 2.67. The van der Waals surface area contributed by atoms with Gasteiger partial charge in [-0.3, -0.25) is 0 Å². The van der Waals surface area contributed by atoms with Crippen molar-refractivity contribution in [3.63, 3.8) is 0 Å². The number of ether oxygens (including phenoxy) is 1. The number of nitrogens with one attached hydrogen (secondary N) is 1. The van der Waals surface area contributed by atoms with Gasteiger partial charge in [-0.1, -0.05) is 6.07 Å². The van der Waals surface area contributed by atoms with Crippen LogP contribution in [0.3, 0.4) is 0 Å². The molecule has 4 heteroatoms. The molecule has 0 bridgehead atoms. The summed E-state index contributed by atoms with van der Waals surface area (Å²) in [6, 6.07) is 6.02. The van der Waals surface area contributed by atoms with E-state index in [4.69, 9.17) is 4.74 Å². The quantitative estimate of drug-likeness (QED) is 0.776. The van der Waals surface area contributed by atoms with Crippen molar-refractivity contribution < 1.29 is 9.84 Å². The molecule has 0 saturated heterocycles. The molecule has 0 heterocycles. The Kier molecular flexibility index (Phi) is 5.25. The number of rotatable bonds is 6. The van der Waals surface area contributed by atoms with Crippen molar-refractivity contribution in [1.82, 2.24) is 5.32 Å². The second kappa shape index (κ2) is 6.47. The van der Waals surface area contributed by atoms with Gasteiger partial charge in [-0.2, -0.15) is 0 Å². The number of anilines is 1. The SMILES string of the molecule is CNCC(O)CN(C)c1cc(C)ccc1OC. The lowest BCUT2D eigenvalue weighted by molar-refractivity contribution is 0.181. The van der Waals surface area contributed by atoms with Crippen LogP contribution < -0.4 is 15.0 Å². The van der Waals surface area contributed by atoms with Crippen LogP contribution >= 0.6 is 0 Å². The smallest absolute Gasteiger partial charge is 0.142 e. The first kappa shape index (κ1) is 13.8. The van der Waals surface area contributed by atoms with Crippen molar-refractivity contribution in [2.75, 3.05) is 39.2 Å². The Balaban J connectivity index is 2.79. The van der Waals surface area contributed by atoms with E-state index in [0.717, 1.165) is 11.4 Å². The van der Waals surface area contributed by atoms with Crippen molar-refractivity contribution >= 4 is 5.69 Å². The van der Waals surface area contributed by atoms with Crippen LogP contribution in [0, 0.1) is 6.92 Å². The maximum atomic E-state index is 9.77. The molecule has 1 rings (SSSR count). The maximum Gasteiger partial charge on any atom is 0.142 e. The maximum absolute atomic E-state index is 9.77. The number of aliphatic hydroxyl groups excluding tert-OH is 1. The van der Waals surface area contributed by atoms with E-state index in [9.17, 15) is 5.11 Å². The van der Waals surface area contributed by atoms with Crippen molar-refractivity contribution in [3.8, 4) is 5.75 Å². The van der Waals surface area contributed by atoms with E-state index in [0.29, 0.717) is 13.1 Å². The highest BCUT2D eigenvalue weighted by Crippen LogP contribution is 2.28. The number of hydrogen-bond acceptors (Lipinski definition) is 4. The minimum atomic E-state index is -0.393. The van der Waals surface area contributed by atoms with Gasteiger partial charge < -0.3 is 20.1 Å². The highest BCUT2D eigenvalue weighted by Gasteiger charge is 2.12. The molecule has 1 unspecified atom stereocenters. The second-order valence-corrected chi connectivity index (χ2v) is 4.27. The van der Waals surface area contributed by atoms with Crippen molar-refractivity contribution in [2.45, 2.75) is 13.0 Å². The van der Waals surface area contributed by atoms with E-state index in [1.54, 1.807) is 7.11 Å². The normalized spacial score (nSPS) is 12.3. The molecule has 0 spiro atoms. The van der Waals surface area contributed by atoms with E-state index < -0.39 is 6.10 Å². The van der Waals surface area contributed by atoms with Gasteiger partial charge in [0.05, 0.1) is 18.9 Å². The largest absolute Gasteiger partial charge is 0.495 e. The summed E-state index contributed by atoms with van der Waals surface area (Å²) >= 11 is 0. The number of likely N-dealkylation sites (N-methyl/N-ethyl adjacent to an activating group) is 2. The Hall–Kier alpha value is -1.26. The Morgan fingerprint density at radius 3 is 2.76 bits per heavy atom. The van der Waals surface area contributed by atoms with Crippen LogP contribution in [-0.4, -0.2) is 45.5 Å². The van der Waals surface area contributed by atoms with E-state index in [2.05, 4.69) is 11.4 Å². The van der Waals surface area contributed by atoms with Crippen LogP contribution in [0.4, 0.5) is 5.69 Å². The molecule has 1 atom stereocenters. The first-order chi connectivity index (χ1) is 8.08. The Morgan fingerprint density at radius 1 is 1.47 bits per heavy atom. The summed E-state index contributed by atoms with van der Waals surface area (Å²) in [4.78, 5) is 2.01. The average molecular weight is 238 g/mol. The molecule has 0 amide bonds. The van der Waals surface area contributed by atoms with Gasteiger partial charge >= 0.3 is 0 Å². The summed E-state index contributed by atoms with van der Waals surface area (Å²) in [7, 11) is 5.44. The monoisotopic (exact) mass is 238 g/mol. The summed E-state index contributed by atoms with van der Waals surface area (Å²) in [5, 5.41) is 12.7. The number of aryl methyl sites for hydroxylation is 1. The number of hydrogen-bond donors (Lipinski definition) is 2. The van der Waals surface area contributed by atoms with Crippen molar-refractivity contribution in [2.24, 2.45) is 0 Å². The third-order valence-corrected chi connectivity index (χ3v) is 2.67. The van der Waals surface area contributed by atoms with Gasteiger partial charge in [-0.25, -0.2) is 0 Å². The summed E-state index contributed by atoms with van der Waals surface area (Å²) in [6.07, 6.45) is -0.393. The van der Waals surface area contributed by atoms with Crippen LogP contribution in [0.15, 0.2) is 18.2 Å². The lowest BCUT2D eigenvalue weighted by Gasteiger charge is -2.24. The Morgan fingerprint density at radius 2 is 2.18 bits per heavy atom. The van der Waals surface area contributed by atoms with E-state index >= 15 is 0 Å². The summed E-state index contributed by atoms with van der Waals surface area (Å²) < 4.78 is 5.32. The van der Waals surface area contributed by atoms with E-state index in [-0.39, 0.29) is 0 Å². The van der Waals surface area contributed by atoms with Crippen LogP contribution in [0.25, 0.3) is 0 Å². The van der Waals surface area contributed by atoms with Gasteiger partial charge in [0.15, 0.2) is 0 Å².